The zero-order valence-corrected chi connectivity index (χ0v) is 14.1. The number of aromatic nitrogens is 2. The molecule has 1 atom stereocenters. The standard InChI is InChI=1S/C20H25N3O/c24-20(13-12-18-16-9-4-5-10-17(16)21-22-18)23-14-6-11-19(23)15-7-2-1-3-8-15/h1-3,7-8,19H,4-6,9-14H2,(H,21,22)/t19-/m0/s1. The maximum absolute atomic E-state index is 12.8. The smallest absolute Gasteiger partial charge is 0.223 e. The summed E-state index contributed by atoms with van der Waals surface area (Å²) in [7, 11) is 0. The highest BCUT2D eigenvalue weighted by Gasteiger charge is 2.29. The van der Waals surface area contributed by atoms with Crippen molar-refractivity contribution >= 4 is 5.91 Å². The second-order valence-corrected chi connectivity index (χ2v) is 6.99. The van der Waals surface area contributed by atoms with E-state index in [1.165, 1.54) is 29.7 Å². The Balaban J connectivity index is 1.42. The average Bonchev–Trinajstić information content (AvgIpc) is 3.28. The first-order valence-corrected chi connectivity index (χ1v) is 9.22. The van der Waals surface area contributed by atoms with Crippen LogP contribution in [0.2, 0.25) is 0 Å². The van der Waals surface area contributed by atoms with Crippen LogP contribution in [0.25, 0.3) is 0 Å². The van der Waals surface area contributed by atoms with E-state index in [1.54, 1.807) is 0 Å². The summed E-state index contributed by atoms with van der Waals surface area (Å²) in [5.41, 5.74) is 5.07. The molecule has 4 rings (SSSR count). The van der Waals surface area contributed by atoms with Crippen molar-refractivity contribution < 1.29 is 4.79 Å². The lowest BCUT2D eigenvalue weighted by molar-refractivity contribution is -0.132. The van der Waals surface area contributed by atoms with E-state index in [0.717, 1.165) is 44.3 Å². The van der Waals surface area contributed by atoms with E-state index >= 15 is 0 Å². The van der Waals surface area contributed by atoms with Crippen LogP contribution in [0.1, 0.15) is 60.7 Å². The van der Waals surface area contributed by atoms with Crippen molar-refractivity contribution in [3.05, 3.63) is 52.8 Å². The monoisotopic (exact) mass is 323 g/mol. The number of hydrogen-bond donors (Lipinski definition) is 1. The molecule has 1 aliphatic carbocycles. The molecule has 126 valence electrons. The van der Waals surface area contributed by atoms with Gasteiger partial charge in [-0.05, 0) is 49.7 Å². The summed E-state index contributed by atoms with van der Waals surface area (Å²) in [6.45, 7) is 0.886. The van der Waals surface area contributed by atoms with Crippen LogP contribution >= 0.6 is 0 Å². The molecule has 0 bridgehead atoms. The van der Waals surface area contributed by atoms with E-state index in [4.69, 9.17) is 0 Å². The number of likely N-dealkylation sites (tertiary alicyclic amines) is 1. The molecule has 2 aromatic rings. The summed E-state index contributed by atoms with van der Waals surface area (Å²) in [5, 5.41) is 7.66. The molecule has 1 fully saturated rings. The summed E-state index contributed by atoms with van der Waals surface area (Å²) < 4.78 is 0. The Hall–Kier alpha value is -2.10. The van der Waals surface area contributed by atoms with Crippen molar-refractivity contribution in [3.63, 3.8) is 0 Å². The summed E-state index contributed by atoms with van der Waals surface area (Å²) in [6, 6.07) is 10.7. The van der Waals surface area contributed by atoms with Crippen LogP contribution in [0, 0.1) is 0 Å². The molecule has 0 unspecified atom stereocenters. The first-order chi connectivity index (χ1) is 11.8. The maximum atomic E-state index is 12.8. The highest BCUT2D eigenvalue weighted by Crippen LogP contribution is 2.32. The number of rotatable bonds is 4. The fourth-order valence-corrected chi connectivity index (χ4v) is 4.21. The maximum Gasteiger partial charge on any atom is 0.223 e. The minimum Gasteiger partial charge on any atom is -0.336 e. The molecule has 0 radical (unpaired) electrons. The number of fused-ring (bicyclic) bond motifs is 1. The van der Waals surface area contributed by atoms with Gasteiger partial charge in [0.15, 0.2) is 0 Å². The van der Waals surface area contributed by atoms with Gasteiger partial charge in [0.1, 0.15) is 0 Å². The third kappa shape index (κ3) is 2.97. The number of H-pyrrole nitrogens is 1. The van der Waals surface area contributed by atoms with Gasteiger partial charge in [-0.1, -0.05) is 30.3 Å². The van der Waals surface area contributed by atoms with Crippen molar-refractivity contribution in [1.29, 1.82) is 0 Å². The largest absolute Gasteiger partial charge is 0.336 e. The molecule has 1 N–H and O–H groups in total. The van der Waals surface area contributed by atoms with E-state index in [2.05, 4.69) is 39.4 Å². The fraction of sp³-hybridized carbons (Fsp3) is 0.500. The first-order valence-electron chi connectivity index (χ1n) is 9.22. The average molecular weight is 323 g/mol. The van der Waals surface area contributed by atoms with Crippen LogP contribution < -0.4 is 0 Å². The number of benzene rings is 1. The molecule has 1 aromatic heterocycles. The quantitative estimate of drug-likeness (QED) is 0.935. The highest BCUT2D eigenvalue weighted by molar-refractivity contribution is 5.77. The summed E-state index contributed by atoms with van der Waals surface area (Å²) in [4.78, 5) is 14.9. The van der Waals surface area contributed by atoms with Crippen LogP contribution in [0.4, 0.5) is 0 Å². The van der Waals surface area contributed by atoms with Crippen LogP contribution in [0.5, 0.6) is 0 Å². The van der Waals surface area contributed by atoms with Gasteiger partial charge in [0.25, 0.3) is 0 Å². The van der Waals surface area contributed by atoms with Gasteiger partial charge in [-0.2, -0.15) is 5.10 Å². The Morgan fingerprint density at radius 3 is 2.88 bits per heavy atom. The predicted octanol–water partition coefficient (Wildman–Crippen LogP) is 3.58. The second-order valence-electron chi connectivity index (χ2n) is 6.99. The van der Waals surface area contributed by atoms with Crippen molar-refractivity contribution in [2.45, 2.75) is 57.4 Å². The third-order valence-corrected chi connectivity index (χ3v) is 5.48. The van der Waals surface area contributed by atoms with Crippen LogP contribution in [-0.4, -0.2) is 27.5 Å². The minimum absolute atomic E-state index is 0.256. The van der Waals surface area contributed by atoms with Crippen molar-refractivity contribution in [1.82, 2.24) is 15.1 Å². The first kappa shape index (κ1) is 15.4. The minimum atomic E-state index is 0.256. The van der Waals surface area contributed by atoms with Gasteiger partial charge in [0.2, 0.25) is 5.91 Å². The Labute approximate surface area is 143 Å². The van der Waals surface area contributed by atoms with E-state index in [1.807, 2.05) is 6.07 Å². The molecule has 1 aromatic carbocycles. The number of aromatic amines is 1. The van der Waals surface area contributed by atoms with Crippen LogP contribution in [0.15, 0.2) is 30.3 Å². The Morgan fingerprint density at radius 1 is 1.17 bits per heavy atom. The van der Waals surface area contributed by atoms with Gasteiger partial charge < -0.3 is 4.90 Å². The molecule has 2 heterocycles. The van der Waals surface area contributed by atoms with Crippen LogP contribution in [0.3, 0.4) is 0 Å². The lowest BCUT2D eigenvalue weighted by atomic mass is 9.94. The van der Waals surface area contributed by atoms with Crippen molar-refractivity contribution in [2.75, 3.05) is 6.54 Å². The zero-order valence-electron chi connectivity index (χ0n) is 14.1. The molecule has 4 nitrogen and oxygen atoms in total. The van der Waals surface area contributed by atoms with E-state index in [0.29, 0.717) is 6.42 Å². The summed E-state index contributed by atoms with van der Waals surface area (Å²) in [5.74, 6) is 0.272. The molecule has 4 heteroatoms. The Kier molecular flexibility index (Phi) is 4.37. The molecule has 2 aliphatic rings. The van der Waals surface area contributed by atoms with Crippen molar-refractivity contribution in [3.8, 4) is 0 Å². The Bertz CT molecular complexity index is 707. The lowest BCUT2D eigenvalue weighted by Gasteiger charge is -2.25. The van der Waals surface area contributed by atoms with E-state index in [-0.39, 0.29) is 11.9 Å². The molecule has 1 saturated heterocycles. The molecular weight excluding hydrogens is 298 g/mol. The van der Waals surface area contributed by atoms with Crippen LogP contribution in [-0.2, 0) is 24.1 Å². The molecular formula is C20H25N3O. The van der Waals surface area contributed by atoms with Gasteiger partial charge in [0, 0.05) is 25.1 Å². The number of carbonyl (C=O) groups excluding carboxylic acids is 1. The van der Waals surface area contributed by atoms with Gasteiger partial charge in [-0.25, -0.2) is 0 Å². The molecule has 0 saturated carbocycles. The number of hydrogen-bond acceptors (Lipinski definition) is 2. The third-order valence-electron chi connectivity index (χ3n) is 5.48. The number of nitrogens with zero attached hydrogens (tertiary/aromatic N) is 2. The number of nitrogens with one attached hydrogen (secondary N) is 1. The lowest BCUT2D eigenvalue weighted by Crippen LogP contribution is -2.30. The molecule has 0 spiro atoms. The number of aryl methyl sites for hydroxylation is 2. The van der Waals surface area contributed by atoms with Crippen molar-refractivity contribution in [2.24, 2.45) is 0 Å². The fourth-order valence-electron chi connectivity index (χ4n) is 4.21. The van der Waals surface area contributed by atoms with Gasteiger partial charge in [-0.15, -0.1) is 0 Å². The van der Waals surface area contributed by atoms with E-state index < -0.39 is 0 Å². The molecule has 24 heavy (non-hydrogen) atoms. The molecule has 1 amide bonds. The highest BCUT2D eigenvalue weighted by atomic mass is 16.2. The summed E-state index contributed by atoms with van der Waals surface area (Å²) >= 11 is 0. The second kappa shape index (κ2) is 6.80. The van der Waals surface area contributed by atoms with Gasteiger partial charge >= 0.3 is 0 Å². The SMILES string of the molecule is O=C(CCc1n[nH]c2c1CCCC2)N1CCC[C@H]1c1ccccc1. The molecule has 1 aliphatic heterocycles. The number of amides is 1. The summed E-state index contributed by atoms with van der Waals surface area (Å²) in [6.07, 6.45) is 8.24. The zero-order chi connectivity index (χ0) is 16.4. The number of carbonyl (C=O) groups is 1. The van der Waals surface area contributed by atoms with Gasteiger partial charge in [-0.3, -0.25) is 9.89 Å². The predicted molar refractivity (Wildman–Crippen MR) is 93.7 cm³/mol. The van der Waals surface area contributed by atoms with E-state index in [9.17, 15) is 4.79 Å². The van der Waals surface area contributed by atoms with Gasteiger partial charge in [0.05, 0.1) is 11.7 Å². The topological polar surface area (TPSA) is 49.0 Å². The normalized spacial score (nSPS) is 20.2. The Morgan fingerprint density at radius 2 is 2.00 bits per heavy atom.